The molecular weight excluding hydrogens is 274 g/mol. The van der Waals surface area contributed by atoms with Gasteiger partial charge in [-0.3, -0.25) is 0 Å². The Morgan fingerprint density at radius 1 is 1.19 bits per heavy atom. The third-order valence-corrected chi connectivity index (χ3v) is 4.04. The van der Waals surface area contributed by atoms with Crippen molar-refractivity contribution in [2.24, 2.45) is 0 Å². The van der Waals surface area contributed by atoms with E-state index in [9.17, 15) is 9.59 Å². The second kappa shape index (κ2) is 5.83. The molecule has 120 valence electrons. The highest BCUT2D eigenvalue weighted by Crippen LogP contribution is 2.39. The molecule has 2 fully saturated rings. The second-order valence-electron chi connectivity index (χ2n) is 6.82. The number of amides is 1. The zero-order valence-electron chi connectivity index (χ0n) is 13.3. The Hall–Kier alpha value is -1.30. The maximum absolute atomic E-state index is 12.0. The highest BCUT2D eigenvalue weighted by molar-refractivity contribution is 5.75. The number of hydrogen-bond donors (Lipinski definition) is 0. The smallest absolute Gasteiger partial charge is 0.410 e. The van der Waals surface area contributed by atoms with Crippen LogP contribution in [0.4, 0.5) is 4.79 Å². The third-order valence-electron chi connectivity index (χ3n) is 4.04. The lowest BCUT2D eigenvalue weighted by atomic mass is 9.89. The van der Waals surface area contributed by atoms with Gasteiger partial charge in [-0.25, -0.2) is 9.59 Å². The van der Waals surface area contributed by atoms with Crippen molar-refractivity contribution in [3.05, 3.63) is 0 Å². The van der Waals surface area contributed by atoms with Crippen LogP contribution in [0.3, 0.4) is 0 Å². The normalized spacial score (nSPS) is 25.0. The molecule has 6 heteroatoms. The molecule has 2 aliphatic rings. The molecule has 21 heavy (non-hydrogen) atoms. The minimum atomic E-state index is -0.480. The molecule has 0 aromatic heterocycles. The van der Waals surface area contributed by atoms with Gasteiger partial charge in [0.2, 0.25) is 0 Å². The average Bonchev–Trinajstić information content (AvgIpc) is 2.81. The first-order valence-corrected chi connectivity index (χ1v) is 7.48. The summed E-state index contributed by atoms with van der Waals surface area (Å²) in [5.74, 6) is -0.304. The lowest BCUT2D eigenvalue weighted by molar-refractivity contribution is -0.160. The van der Waals surface area contributed by atoms with E-state index in [4.69, 9.17) is 14.2 Å². The number of carbonyl (C=O) groups excluding carboxylic acids is 2. The van der Waals surface area contributed by atoms with E-state index < -0.39 is 11.7 Å². The molecule has 1 atom stereocenters. The number of rotatable bonds is 1. The first-order valence-electron chi connectivity index (χ1n) is 7.48. The van der Waals surface area contributed by atoms with E-state index >= 15 is 0 Å². The molecule has 1 amide bonds. The highest BCUT2D eigenvalue weighted by Gasteiger charge is 2.46. The monoisotopic (exact) mass is 299 g/mol. The van der Waals surface area contributed by atoms with Gasteiger partial charge in [0.25, 0.3) is 0 Å². The van der Waals surface area contributed by atoms with Gasteiger partial charge in [-0.05, 0) is 46.5 Å². The van der Waals surface area contributed by atoms with E-state index in [1.165, 1.54) is 7.11 Å². The van der Waals surface area contributed by atoms with Crippen molar-refractivity contribution in [3.8, 4) is 0 Å². The molecule has 2 rings (SSSR count). The summed E-state index contributed by atoms with van der Waals surface area (Å²) in [5.41, 5.74) is -0.760. The zero-order chi connectivity index (χ0) is 15.7. The molecule has 0 unspecified atom stereocenters. The Morgan fingerprint density at radius 2 is 1.81 bits per heavy atom. The molecule has 0 N–H and O–H groups in total. The fourth-order valence-electron chi connectivity index (χ4n) is 2.90. The van der Waals surface area contributed by atoms with Gasteiger partial charge in [-0.1, -0.05) is 0 Å². The maximum Gasteiger partial charge on any atom is 0.410 e. The predicted molar refractivity (Wildman–Crippen MR) is 75.9 cm³/mol. The summed E-state index contributed by atoms with van der Waals surface area (Å²) in [4.78, 5) is 25.3. The van der Waals surface area contributed by atoms with Gasteiger partial charge in [0.05, 0.1) is 12.7 Å². The van der Waals surface area contributed by atoms with Crippen LogP contribution in [0.1, 0.15) is 46.5 Å². The molecule has 0 radical (unpaired) electrons. The van der Waals surface area contributed by atoms with Gasteiger partial charge >= 0.3 is 12.1 Å². The molecule has 2 heterocycles. The number of piperidine rings is 1. The van der Waals surface area contributed by atoms with Crippen molar-refractivity contribution in [3.63, 3.8) is 0 Å². The fraction of sp³-hybridized carbons (Fsp3) is 0.867. The van der Waals surface area contributed by atoms with Crippen LogP contribution in [-0.4, -0.2) is 54.5 Å². The van der Waals surface area contributed by atoms with Crippen LogP contribution in [-0.2, 0) is 19.0 Å². The van der Waals surface area contributed by atoms with Crippen LogP contribution in [0.5, 0.6) is 0 Å². The molecule has 0 aromatic carbocycles. The van der Waals surface area contributed by atoms with Crippen LogP contribution in [0.2, 0.25) is 0 Å². The summed E-state index contributed by atoms with van der Waals surface area (Å²) in [7, 11) is 1.38. The number of esters is 1. The van der Waals surface area contributed by atoms with Crippen LogP contribution < -0.4 is 0 Å². The molecule has 6 nitrogen and oxygen atoms in total. The van der Waals surface area contributed by atoms with Crippen LogP contribution in [0.25, 0.3) is 0 Å². The van der Waals surface area contributed by atoms with Crippen LogP contribution in [0, 0.1) is 0 Å². The van der Waals surface area contributed by atoms with E-state index in [2.05, 4.69) is 0 Å². The fourth-order valence-corrected chi connectivity index (χ4v) is 2.90. The number of nitrogens with zero attached hydrogens (tertiary/aromatic N) is 1. The van der Waals surface area contributed by atoms with Crippen molar-refractivity contribution in [1.29, 1.82) is 0 Å². The Labute approximate surface area is 125 Å². The molecule has 0 aliphatic carbocycles. The number of hydrogen-bond acceptors (Lipinski definition) is 5. The summed E-state index contributed by atoms with van der Waals surface area (Å²) in [6.45, 7) is 6.78. The van der Waals surface area contributed by atoms with Crippen LogP contribution in [0.15, 0.2) is 0 Å². The molecular formula is C15H25NO5. The lowest BCUT2D eigenvalue weighted by Crippen LogP contribution is -2.48. The molecule has 1 spiro atoms. The van der Waals surface area contributed by atoms with Crippen molar-refractivity contribution < 1.29 is 23.8 Å². The zero-order valence-corrected chi connectivity index (χ0v) is 13.3. The second-order valence-corrected chi connectivity index (χ2v) is 6.82. The van der Waals surface area contributed by atoms with E-state index in [0.717, 1.165) is 19.3 Å². The lowest BCUT2D eigenvalue weighted by Gasteiger charge is -2.39. The third kappa shape index (κ3) is 3.87. The van der Waals surface area contributed by atoms with Crippen molar-refractivity contribution in [2.45, 2.75) is 63.8 Å². The summed E-state index contributed by atoms with van der Waals surface area (Å²) < 4.78 is 16.0. The van der Waals surface area contributed by atoms with E-state index in [1.807, 2.05) is 20.8 Å². The van der Waals surface area contributed by atoms with Gasteiger partial charge in [-0.15, -0.1) is 0 Å². The topological polar surface area (TPSA) is 65.1 Å². The maximum atomic E-state index is 12.0. The Balaban J connectivity index is 1.86. The molecule has 2 saturated heterocycles. The predicted octanol–water partition coefficient (Wildman–Crippen LogP) is 2.11. The number of likely N-dealkylation sites (tertiary alicyclic amines) is 1. The minimum Gasteiger partial charge on any atom is -0.467 e. The van der Waals surface area contributed by atoms with Gasteiger partial charge in [0, 0.05) is 13.1 Å². The SMILES string of the molecule is COC(=O)[C@@H]1CCC2(CCN(C(=O)OC(C)(C)C)CC2)O1. The average molecular weight is 299 g/mol. The van der Waals surface area contributed by atoms with Gasteiger partial charge < -0.3 is 19.1 Å². The summed E-state index contributed by atoms with van der Waals surface area (Å²) in [5, 5.41) is 0. The Kier molecular flexibility index (Phi) is 4.46. The minimum absolute atomic E-state index is 0.278. The van der Waals surface area contributed by atoms with Crippen molar-refractivity contribution in [1.82, 2.24) is 4.90 Å². The number of methoxy groups -OCH3 is 1. The van der Waals surface area contributed by atoms with E-state index in [1.54, 1.807) is 4.90 Å². The number of carbonyl (C=O) groups is 2. The van der Waals surface area contributed by atoms with Crippen molar-refractivity contribution >= 4 is 12.1 Å². The highest BCUT2D eigenvalue weighted by atomic mass is 16.6. The first-order chi connectivity index (χ1) is 9.75. The Morgan fingerprint density at radius 3 is 2.33 bits per heavy atom. The van der Waals surface area contributed by atoms with Gasteiger partial charge in [0.15, 0.2) is 6.10 Å². The van der Waals surface area contributed by atoms with Gasteiger partial charge in [0.1, 0.15) is 5.60 Å². The van der Waals surface area contributed by atoms with E-state index in [0.29, 0.717) is 19.5 Å². The Bertz CT molecular complexity index is 407. The summed E-state index contributed by atoms with van der Waals surface area (Å²) in [6, 6.07) is 0. The largest absolute Gasteiger partial charge is 0.467 e. The van der Waals surface area contributed by atoms with Gasteiger partial charge in [-0.2, -0.15) is 0 Å². The molecule has 0 bridgehead atoms. The summed E-state index contributed by atoms with van der Waals surface area (Å²) >= 11 is 0. The molecule has 0 aromatic rings. The van der Waals surface area contributed by atoms with E-state index in [-0.39, 0.29) is 17.7 Å². The van der Waals surface area contributed by atoms with Crippen molar-refractivity contribution in [2.75, 3.05) is 20.2 Å². The summed E-state index contributed by atoms with van der Waals surface area (Å²) in [6.07, 6.45) is 2.27. The molecule has 2 aliphatic heterocycles. The first kappa shape index (κ1) is 16.1. The molecule has 0 saturated carbocycles. The van der Waals surface area contributed by atoms with Crippen LogP contribution >= 0.6 is 0 Å². The number of ether oxygens (including phenoxy) is 3. The quantitative estimate of drug-likeness (QED) is 0.694. The standard InChI is InChI=1S/C15H25NO5/c1-14(2,3)21-13(18)16-9-7-15(8-10-16)6-5-11(20-15)12(17)19-4/h11H,5-10H2,1-4H3/t11-/m0/s1.